The van der Waals surface area contributed by atoms with Crippen molar-refractivity contribution < 1.29 is 0 Å². The summed E-state index contributed by atoms with van der Waals surface area (Å²) in [5.41, 5.74) is 1.31. The van der Waals surface area contributed by atoms with Crippen molar-refractivity contribution in [3.63, 3.8) is 0 Å². The molecule has 2 rings (SSSR count). The van der Waals surface area contributed by atoms with Crippen LogP contribution in [0.5, 0.6) is 0 Å². The molecule has 2 atom stereocenters. The zero-order chi connectivity index (χ0) is 13.0. The van der Waals surface area contributed by atoms with Gasteiger partial charge in [-0.1, -0.05) is 55.9 Å². The fourth-order valence-corrected chi connectivity index (χ4v) is 3.21. The molecule has 0 spiro atoms. The second-order valence-corrected chi connectivity index (χ2v) is 6.31. The van der Waals surface area contributed by atoms with Gasteiger partial charge in [-0.2, -0.15) is 0 Å². The molecule has 1 aliphatic heterocycles. The molecule has 1 heterocycles. The largest absolute Gasteiger partial charge is 0.358 e. The van der Waals surface area contributed by atoms with Crippen LogP contribution in [0.15, 0.2) is 35.3 Å². The minimum absolute atomic E-state index is 0.329. The van der Waals surface area contributed by atoms with E-state index in [1.54, 1.807) is 0 Å². The van der Waals surface area contributed by atoms with Crippen LogP contribution in [0.25, 0.3) is 0 Å². The Morgan fingerprint density at radius 1 is 1.28 bits per heavy atom. The highest BCUT2D eigenvalue weighted by atomic mass is 32.2. The van der Waals surface area contributed by atoms with Crippen LogP contribution in [-0.4, -0.2) is 17.0 Å². The van der Waals surface area contributed by atoms with Crippen molar-refractivity contribution in [2.75, 3.05) is 5.75 Å². The van der Waals surface area contributed by atoms with Crippen LogP contribution in [-0.2, 0) is 0 Å². The van der Waals surface area contributed by atoms with Gasteiger partial charge in [0.1, 0.15) is 0 Å². The molecule has 0 bridgehead atoms. The molecule has 0 fully saturated rings. The third kappa shape index (κ3) is 3.77. The number of benzene rings is 1. The van der Waals surface area contributed by atoms with Crippen molar-refractivity contribution in [1.82, 2.24) is 5.32 Å². The summed E-state index contributed by atoms with van der Waals surface area (Å²) in [5, 5.41) is 4.62. The van der Waals surface area contributed by atoms with Crippen LogP contribution in [0.2, 0.25) is 0 Å². The SMILES string of the molecule is CC(C)CC1CSC(NC(C)c2ccccc2)=N1. The first kappa shape index (κ1) is 13.5. The molecule has 1 N–H and O–H groups in total. The summed E-state index contributed by atoms with van der Waals surface area (Å²) in [6.07, 6.45) is 1.19. The van der Waals surface area contributed by atoms with Gasteiger partial charge in [0.05, 0.1) is 12.1 Å². The Bertz CT molecular complexity index is 400. The highest BCUT2D eigenvalue weighted by molar-refractivity contribution is 8.14. The van der Waals surface area contributed by atoms with Gasteiger partial charge in [0.25, 0.3) is 0 Å². The molecular formula is C15H22N2S. The average molecular weight is 262 g/mol. The molecule has 3 heteroatoms. The summed E-state index contributed by atoms with van der Waals surface area (Å²) in [6.45, 7) is 6.71. The number of aliphatic imine (C=N–C) groups is 1. The highest BCUT2D eigenvalue weighted by Gasteiger charge is 2.20. The van der Waals surface area contributed by atoms with E-state index in [2.05, 4.69) is 56.4 Å². The summed E-state index contributed by atoms with van der Waals surface area (Å²) < 4.78 is 0. The summed E-state index contributed by atoms with van der Waals surface area (Å²) in [6, 6.07) is 11.4. The van der Waals surface area contributed by atoms with Crippen LogP contribution in [0, 0.1) is 5.92 Å². The van der Waals surface area contributed by atoms with Crippen molar-refractivity contribution in [2.45, 2.75) is 39.3 Å². The summed E-state index contributed by atoms with van der Waals surface area (Å²) >= 11 is 1.85. The monoisotopic (exact) mass is 262 g/mol. The van der Waals surface area contributed by atoms with E-state index in [4.69, 9.17) is 4.99 Å². The molecule has 0 aliphatic carbocycles. The van der Waals surface area contributed by atoms with E-state index < -0.39 is 0 Å². The lowest BCUT2D eigenvalue weighted by Gasteiger charge is -2.14. The van der Waals surface area contributed by atoms with Crippen molar-refractivity contribution >= 4 is 16.9 Å². The van der Waals surface area contributed by atoms with Crippen LogP contribution in [0.3, 0.4) is 0 Å². The van der Waals surface area contributed by atoms with Crippen molar-refractivity contribution in [3.05, 3.63) is 35.9 Å². The molecule has 98 valence electrons. The molecule has 2 unspecified atom stereocenters. The maximum Gasteiger partial charge on any atom is 0.157 e. The Morgan fingerprint density at radius 2 is 2.00 bits per heavy atom. The molecule has 18 heavy (non-hydrogen) atoms. The predicted octanol–water partition coefficient (Wildman–Crippen LogP) is 3.85. The topological polar surface area (TPSA) is 24.4 Å². The lowest BCUT2D eigenvalue weighted by Crippen LogP contribution is -2.23. The van der Waals surface area contributed by atoms with Crippen molar-refractivity contribution in [3.8, 4) is 0 Å². The molecule has 0 saturated heterocycles. The summed E-state index contributed by atoms with van der Waals surface area (Å²) in [4.78, 5) is 4.76. The Balaban J connectivity index is 1.91. The lowest BCUT2D eigenvalue weighted by atomic mass is 10.1. The van der Waals surface area contributed by atoms with Crippen LogP contribution < -0.4 is 5.32 Å². The van der Waals surface area contributed by atoms with E-state index in [-0.39, 0.29) is 0 Å². The number of nitrogens with one attached hydrogen (secondary N) is 1. The standard InChI is InChI=1S/C15H22N2S/c1-11(2)9-14-10-18-15(17-14)16-12(3)13-7-5-4-6-8-13/h4-8,11-12,14H,9-10H2,1-3H3,(H,16,17). The van der Waals surface area contributed by atoms with Crippen molar-refractivity contribution in [2.24, 2.45) is 10.9 Å². The van der Waals surface area contributed by atoms with Crippen LogP contribution in [0.4, 0.5) is 0 Å². The van der Waals surface area contributed by atoms with E-state index in [9.17, 15) is 0 Å². The zero-order valence-corrected chi connectivity index (χ0v) is 12.2. The van der Waals surface area contributed by atoms with E-state index in [1.165, 1.54) is 12.0 Å². The maximum atomic E-state index is 4.76. The molecule has 1 aromatic rings. The normalized spacial score (nSPS) is 20.9. The number of thioether (sulfide) groups is 1. The smallest absolute Gasteiger partial charge is 0.157 e. The average Bonchev–Trinajstić information content (AvgIpc) is 2.76. The molecule has 0 amide bonds. The van der Waals surface area contributed by atoms with Gasteiger partial charge in [0.2, 0.25) is 0 Å². The van der Waals surface area contributed by atoms with Gasteiger partial charge in [-0.05, 0) is 24.8 Å². The minimum atomic E-state index is 0.329. The first-order valence-corrected chi connectivity index (χ1v) is 7.66. The van der Waals surface area contributed by atoms with Crippen LogP contribution in [0.1, 0.15) is 38.8 Å². The Labute approximate surface area is 114 Å². The van der Waals surface area contributed by atoms with Gasteiger partial charge < -0.3 is 5.32 Å². The number of hydrogen-bond donors (Lipinski definition) is 1. The molecule has 0 radical (unpaired) electrons. The molecule has 1 aliphatic rings. The summed E-state index contributed by atoms with van der Waals surface area (Å²) in [7, 11) is 0. The third-order valence-electron chi connectivity index (χ3n) is 3.10. The van der Waals surface area contributed by atoms with Crippen molar-refractivity contribution in [1.29, 1.82) is 0 Å². The number of nitrogens with zero attached hydrogens (tertiary/aromatic N) is 1. The molecule has 0 aromatic heterocycles. The minimum Gasteiger partial charge on any atom is -0.358 e. The second kappa shape index (κ2) is 6.28. The van der Waals surface area contributed by atoms with Gasteiger partial charge >= 0.3 is 0 Å². The van der Waals surface area contributed by atoms with E-state index in [0.717, 1.165) is 16.8 Å². The quantitative estimate of drug-likeness (QED) is 0.891. The molecule has 0 saturated carbocycles. The van der Waals surface area contributed by atoms with Gasteiger partial charge in [0.15, 0.2) is 5.17 Å². The van der Waals surface area contributed by atoms with E-state index in [0.29, 0.717) is 12.1 Å². The fraction of sp³-hybridized carbons (Fsp3) is 0.533. The number of rotatable bonds is 4. The highest BCUT2D eigenvalue weighted by Crippen LogP contribution is 2.23. The van der Waals surface area contributed by atoms with Gasteiger partial charge in [-0.3, -0.25) is 4.99 Å². The fourth-order valence-electron chi connectivity index (χ4n) is 2.17. The predicted molar refractivity (Wildman–Crippen MR) is 81.1 cm³/mol. The van der Waals surface area contributed by atoms with E-state index in [1.807, 2.05) is 11.8 Å². The van der Waals surface area contributed by atoms with Gasteiger partial charge in [-0.25, -0.2) is 0 Å². The first-order valence-electron chi connectivity index (χ1n) is 6.67. The Kier molecular flexibility index (Phi) is 4.70. The van der Waals surface area contributed by atoms with E-state index >= 15 is 0 Å². The number of amidine groups is 1. The number of hydrogen-bond acceptors (Lipinski definition) is 3. The Hall–Kier alpha value is -0.960. The second-order valence-electron chi connectivity index (χ2n) is 5.31. The molecular weight excluding hydrogens is 240 g/mol. The zero-order valence-electron chi connectivity index (χ0n) is 11.4. The molecule has 2 nitrogen and oxygen atoms in total. The first-order chi connectivity index (χ1) is 8.65. The maximum absolute atomic E-state index is 4.76. The Morgan fingerprint density at radius 3 is 2.67 bits per heavy atom. The third-order valence-corrected chi connectivity index (χ3v) is 4.14. The van der Waals surface area contributed by atoms with Crippen LogP contribution >= 0.6 is 11.8 Å². The lowest BCUT2D eigenvalue weighted by molar-refractivity contribution is 0.528. The van der Waals surface area contributed by atoms with Gasteiger partial charge in [-0.15, -0.1) is 0 Å². The van der Waals surface area contributed by atoms with Gasteiger partial charge in [0, 0.05) is 5.75 Å². The molecule has 1 aromatic carbocycles. The summed E-state index contributed by atoms with van der Waals surface area (Å²) in [5.74, 6) is 1.85.